The van der Waals surface area contributed by atoms with Gasteiger partial charge in [-0.25, -0.2) is 18.7 Å². The minimum Gasteiger partial charge on any atom is -0.368 e. The van der Waals surface area contributed by atoms with E-state index in [0.29, 0.717) is 5.56 Å². The lowest BCUT2D eigenvalue weighted by molar-refractivity contribution is 0.506. The standard InChI is InChI=1S/C10H6BrF2N3/c11-7-2-1-6(8(12)9(7)13)5-3-15-10(14)16-4-5/h1-4H,(H2,14,15,16). The molecule has 1 heterocycles. The van der Waals surface area contributed by atoms with E-state index in [2.05, 4.69) is 25.9 Å². The molecule has 3 nitrogen and oxygen atoms in total. The number of hydrogen-bond donors (Lipinski definition) is 1. The summed E-state index contributed by atoms with van der Waals surface area (Å²) >= 11 is 2.90. The summed E-state index contributed by atoms with van der Waals surface area (Å²) in [6.07, 6.45) is 2.68. The van der Waals surface area contributed by atoms with E-state index in [1.54, 1.807) is 0 Å². The molecule has 0 saturated heterocycles. The second kappa shape index (κ2) is 4.13. The van der Waals surface area contributed by atoms with Gasteiger partial charge in [0.05, 0.1) is 4.47 Å². The third-order valence-corrected chi connectivity index (χ3v) is 2.63. The van der Waals surface area contributed by atoms with E-state index in [1.807, 2.05) is 0 Å². The van der Waals surface area contributed by atoms with Crippen LogP contribution < -0.4 is 5.73 Å². The lowest BCUT2D eigenvalue weighted by Crippen LogP contribution is -1.96. The molecular weight excluding hydrogens is 280 g/mol. The number of benzene rings is 1. The van der Waals surface area contributed by atoms with Crippen LogP contribution in [-0.2, 0) is 0 Å². The number of nitrogens with two attached hydrogens (primary N) is 1. The first-order chi connectivity index (χ1) is 7.59. The van der Waals surface area contributed by atoms with Gasteiger partial charge in [-0.2, -0.15) is 0 Å². The molecule has 2 N–H and O–H groups in total. The predicted octanol–water partition coefficient (Wildman–Crippen LogP) is 2.77. The third-order valence-electron chi connectivity index (χ3n) is 2.02. The maximum atomic E-state index is 13.6. The first kappa shape index (κ1) is 10.9. The predicted molar refractivity (Wildman–Crippen MR) is 59.5 cm³/mol. The molecule has 0 atom stereocenters. The van der Waals surface area contributed by atoms with Gasteiger partial charge in [0.25, 0.3) is 0 Å². The highest BCUT2D eigenvalue weighted by Gasteiger charge is 2.13. The summed E-state index contributed by atoms with van der Waals surface area (Å²) in [4.78, 5) is 7.43. The number of aromatic nitrogens is 2. The van der Waals surface area contributed by atoms with Crippen molar-refractivity contribution in [1.82, 2.24) is 9.97 Å². The molecule has 0 saturated carbocycles. The van der Waals surface area contributed by atoms with Gasteiger partial charge in [0.1, 0.15) is 0 Å². The van der Waals surface area contributed by atoms with Crippen LogP contribution >= 0.6 is 15.9 Å². The first-order valence-electron chi connectivity index (χ1n) is 4.31. The quantitative estimate of drug-likeness (QED) is 0.820. The van der Waals surface area contributed by atoms with E-state index in [-0.39, 0.29) is 16.0 Å². The lowest BCUT2D eigenvalue weighted by Gasteiger charge is -2.04. The van der Waals surface area contributed by atoms with E-state index in [9.17, 15) is 8.78 Å². The Balaban J connectivity index is 2.57. The molecular formula is C10H6BrF2N3. The molecule has 0 aliphatic rings. The minimum absolute atomic E-state index is 0.0742. The molecule has 16 heavy (non-hydrogen) atoms. The zero-order chi connectivity index (χ0) is 11.7. The second-order valence-electron chi connectivity index (χ2n) is 3.05. The largest absolute Gasteiger partial charge is 0.368 e. The maximum Gasteiger partial charge on any atom is 0.219 e. The first-order valence-corrected chi connectivity index (χ1v) is 5.10. The highest BCUT2D eigenvalue weighted by molar-refractivity contribution is 9.10. The summed E-state index contributed by atoms with van der Waals surface area (Å²) in [6.45, 7) is 0. The van der Waals surface area contributed by atoms with Crippen molar-refractivity contribution in [2.24, 2.45) is 0 Å². The van der Waals surface area contributed by atoms with Crippen LogP contribution in [0, 0.1) is 11.6 Å². The topological polar surface area (TPSA) is 51.8 Å². The van der Waals surface area contributed by atoms with Crippen molar-refractivity contribution in [2.45, 2.75) is 0 Å². The summed E-state index contributed by atoms with van der Waals surface area (Å²) in [5, 5.41) is 0. The van der Waals surface area contributed by atoms with Crippen molar-refractivity contribution < 1.29 is 8.78 Å². The number of anilines is 1. The summed E-state index contributed by atoms with van der Waals surface area (Å²) in [7, 11) is 0. The smallest absolute Gasteiger partial charge is 0.219 e. The van der Waals surface area contributed by atoms with Crippen LogP contribution in [0.3, 0.4) is 0 Å². The molecule has 2 rings (SSSR count). The van der Waals surface area contributed by atoms with Crippen LogP contribution in [0.15, 0.2) is 29.0 Å². The normalized spacial score (nSPS) is 10.4. The van der Waals surface area contributed by atoms with Crippen LogP contribution in [0.5, 0.6) is 0 Å². The van der Waals surface area contributed by atoms with E-state index in [0.717, 1.165) is 0 Å². The number of rotatable bonds is 1. The number of nitrogens with zero attached hydrogens (tertiary/aromatic N) is 2. The number of hydrogen-bond acceptors (Lipinski definition) is 3. The lowest BCUT2D eigenvalue weighted by atomic mass is 10.1. The van der Waals surface area contributed by atoms with Crippen molar-refractivity contribution >= 4 is 21.9 Å². The van der Waals surface area contributed by atoms with Gasteiger partial charge in [0, 0.05) is 23.5 Å². The second-order valence-corrected chi connectivity index (χ2v) is 3.91. The molecule has 0 aliphatic heterocycles. The van der Waals surface area contributed by atoms with Gasteiger partial charge in [0.15, 0.2) is 11.6 Å². The third kappa shape index (κ3) is 1.88. The molecule has 2 aromatic rings. The molecule has 0 radical (unpaired) electrons. The fourth-order valence-electron chi connectivity index (χ4n) is 1.23. The molecule has 0 fully saturated rings. The van der Waals surface area contributed by atoms with Gasteiger partial charge >= 0.3 is 0 Å². The average molecular weight is 286 g/mol. The van der Waals surface area contributed by atoms with Crippen molar-refractivity contribution in [3.63, 3.8) is 0 Å². The van der Waals surface area contributed by atoms with E-state index in [1.165, 1.54) is 24.5 Å². The Morgan fingerprint density at radius 1 is 1.06 bits per heavy atom. The van der Waals surface area contributed by atoms with Crippen molar-refractivity contribution in [3.05, 3.63) is 40.6 Å². The summed E-state index contributed by atoms with van der Waals surface area (Å²) in [6, 6.07) is 2.86. The number of nitrogen functional groups attached to an aromatic ring is 1. The molecule has 82 valence electrons. The molecule has 0 spiro atoms. The zero-order valence-corrected chi connectivity index (χ0v) is 9.50. The van der Waals surface area contributed by atoms with Crippen molar-refractivity contribution in [1.29, 1.82) is 0 Å². The average Bonchev–Trinajstić information content (AvgIpc) is 2.28. The Morgan fingerprint density at radius 3 is 2.31 bits per heavy atom. The van der Waals surface area contributed by atoms with Crippen molar-refractivity contribution in [3.8, 4) is 11.1 Å². The fraction of sp³-hybridized carbons (Fsp3) is 0. The van der Waals surface area contributed by atoms with Gasteiger partial charge in [-0.15, -0.1) is 0 Å². The summed E-state index contributed by atoms with van der Waals surface area (Å²) < 4.78 is 26.9. The van der Waals surface area contributed by atoms with Gasteiger partial charge in [-0.05, 0) is 28.1 Å². The molecule has 0 amide bonds. The Kier molecular flexibility index (Phi) is 2.82. The minimum atomic E-state index is -0.942. The van der Waals surface area contributed by atoms with Crippen LogP contribution in [0.2, 0.25) is 0 Å². The summed E-state index contributed by atoms with van der Waals surface area (Å²) in [5.74, 6) is -1.79. The highest BCUT2D eigenvalue weighted by Crippen LogP contribution is 2.27. The van der Waals surface area contributed by atoms with Gasteiger partial charge in [-0.1, -0.05) is 0 Å². The van der Waals surface area contributed by atoms with Gasteiger partial charge < -0.3 is 5.73 Å². The Bertz CT molecular complexity index is 528. The van der Waals surface area contributed by atoms with Gasteiger partial charge in [0.2, 0.25) is 5.95 Å². The van der Waals surface area contributed by atoms with E-state index in [4.69, 9.17) is 5.73 Å². The molecule has 1 aromatic carbocycles. The molecule has 1 aromatic heterocycles. The molecule has 6 heteroatoms. The van der Waals surface area contributed by atoms with Gasteiger partial charge in [-0.3, -0.25) is 0 Å². The van der Waals surface area contributed by atoms with Crippen LogP contribution in [-0.4, -0.2) is 9.97 Å². The van der Waals surface area contributed by atoms with Crippen molar-refractivity contribution in [2.75, 3.05) is 5.73 Å². The molecule has 0 aliphatic carbocycles. The van der Waals surface area contributed by atoms with E-state index >= 15 is 0 Å². The zero-order valence-electron chi connectivity index (χ0n) is 7.92. The van der Waals surface area contributed by atoms with Crippen LogP contribution in [0.4, 0.5) is 14.7 Å². The van der Waals surface area contributed by atoms with Crippen LogP contribution in [0.25, 0.3) is 11.1 Å². The highest BCUT2D eigenvalue weighted by atomic mass is 79.9. The Labute approximate surface area is 98.5 Å². The molecule has 0 bridgehead atoms. The Morgan fingerprint density at radius 2 is 1.69 bits per heavy atom. The number of halogens is 3. The molecule has 0 unspecified atom stereocenters. The Hall–Kier alpha value is -1.56. The fourth-order valence-corrected chi connectivity index (χ4v) is 1.53. The monoisotopic (exact) mass is 285 g/mol. The van der Waals surface area contributed by atoms with E-state index < -0.39 is 11.6 Å². The SMILES string of the molecule is Nc1ncc(-c2ccc(Br)c(F)c2F)cn1. The maximum absolute atomic E-state index is 13.6. The summed E-state index contributed by atoms with van der Waals surface area (Å²) in [5.41, 5.74) is 5.77. The van der Waals surface area contributed by atoms with Crippen LogP contribution in [0.1, 0.15) is 0 Å².